The molecule has 31 heavy (non-hydrogen) atoms. The number of rotatable bonds is 8. The first-order valence-electron chi connectivity index (χ1n) is 11.0. The fraction of sp³-hybridized carbons (Fsp3) is 0.458. The molecule has 0 saturated heterocycles. The highest BCUT2D eigenvalue weighted by Crippen LogP contribution is 2.30. The maximum absolute atomic E-state index is 12.8. The Morgan fingerprint density at radius 2 is 1.48 bits per heavy atom. The van der Waals surface area contributed by atoms with Crippen LogP contribution in [0.5, 0.6) is 0 Å². The number of carbonyl (C=O) groups is 1. The monoisotopic (exact) mass is 443 g/mol. The van der Waals surface area contributed by atoms with Gasteiger partial charge in [0.05, 0.1) is 4.90 Å². The zero-order valence-electron chi connectivity index (χ0n) is 18.3. The highest BCUT2D eigenvalue weighted by atomic mass is 32.2. The number of amides is 2. The van der Waals surface area contributed by atoms with Crippen LogP contribution in [0.1, 0.15) is 39.5 Å². The highest BCUT2D eigenvalue weighted by molar-refractivity contribution is 7.89. The van der Waals surface area contributed by atoms with Gasteiger partial charge in [-0.05, 0) is 75.6 Å². The van der Waals surface area contributed by atoms with Gasteiger partial charge in [-0.1, -0.05) is 36.4 Å². The van der Waals surface area contributed by atoms with Gasteiger partial charge in [-0.3, -0.25) is 0 Å². The molecule has 0 unspecified atom stereocenters. The van der Waals surface area contributed by atoms with Crippen molar-refractivity contribution in [2.45, 2.75) is 50.5 Å². The van der Waals surface area contributed by atoms with E-state index in [1.54, 1.807) is 30.3 Å². The second-order valence-corrected chi connectivity index (χ2v) is 10.4. The molecular weight excluding hydrogens is 410 g/mol. The average molecular weight is 444 g/mol. The summed E-state index contributed by atoms with van der Waals surface area (Å²) in [6.07, 6.45) is 3.93. The molecule has 168 valence electrons. The van der Waals surface area contributed by atoms with Gasteiger partial charge in [-0.15, -0.1) is 0 Å². The van der Waals surface area contributed by atoms with Gasteiger partial charge in [0.2, 0.25) is 10.0 Å². The van der Waals surface area contributed by atoms with Crippen molar-refractivity contribution >= 4 is 21.7 Å². The number of nitrogens with one attached hydrogen (secondary N) is 2. The lowest BCUT2D eigenvalue weighted by Crippen LogP contribution is -2.43. The van der Waals surface area contributed by atoms with Crippen LogP contribution in [-0.2, 0) is 10.0 Å². The largest absolute Gasteiger partial charge is 0.322 e. The van der Waals surface area contributed by atoms with Crippen molar-refractivity contribution in [3.8, 4) is 0 Å². The second-order valence-electron chi connectivity index (χ2n) is 8.59. The maximum atomic E-state index is 12.8. The summed E-state index contributed by atoms with van der Waals surface area (Å²) in [7, 11) is -3.46. The summed E-state index contributed by atoms with van der Waals surface area (Å²) in [5, 5.41) is 2.98. The molecule has 0 spiro atoms. The molecule has 6 nitrogen and oxygen atoms in total. The minimum absolute atomic E-state index is 0.0704. The fourth-order valence-corrected chi connectivity index (χ4v) is 5.19. The van der Waals surface area contributed by atoms with Crippen LogP contribution in [0.3, 0.4) is 0 Å². The van der Waals surface area contributed by atoms with Crippen molar-refractivity contribution in [2.24, 2.45) is 11.8 Å². The van der Waals surface area contributed by atoms with E-state index in [1.807, 2.05) is 49.1 Å². The van der Waals surface area contributed by atoms with E-state index >= 15 is 0 Å². The molecule has 0 aromatic heterocycles. The highest BCUT2D eigenvalue weighted by Gasteiger charge is 2.27. The van der Waals surface area contributed by atoms with Crippen molar-refractivity contribution < 1.29 is 13.2 Å². The Labute approximate surface area is 186 Å². The van der Waals surface area contributed by atoms with E-state index in [0.717, 1.165) is 37.9 Å². The molecule has 0 atom stereocenters. The lowest BCUT2D eigenvalue weighted by atomic mass is 9.82. The van der Waals surface area contributed by atoms with E-state index in [4.69, 9.17) is 0 Å². The molecule has 0 bridgehead atoms. The smallest absolute Gasteiger partial charge is 0.322 e. The zero-order chi connectivity index (χ0) is 22.3. The van der Waals surface area contributed by atoms with E-state index in [2.05, 4.69) is 10.0 Å². The number of hydrogen-bond acceptors (Lipinski definition) is 3. The number of hydrogen-bond donors (Lipinski definition) is 2. The number of anilines is 1. The van der Waals surface area contributed by atoms with Crippen LogP contribution in [0.2, 0.25) is 0 Å². The van der Waals surface area contributed by atoms with Crippen LogP contribution in [-0.4, -0.2) is 38.5 Å². The Morgan fingerprint density at radius 3 is 2.06 bits per heavy atom. The van der Waals surface area contributed by atoms with Crippen molar-refractivity contribution in [2.75, 3.05) is 18.4 Å². The van der Waals surface area contributed by atoms with E-state index in [0.29, 0.717) is 23.3 Å². The number of sulfonamides is 1. The Bertz CT molecular complexity index is 925. The predicted octanol–water partition coefficient (Wildman–Crippen LogP) is 4.71. The summed E-state index contributed by atoms with van der Waals surface area (Å²) in [6.45, 7) is 5.26. The molecule has 0 radical (unpaired) electrons. The molecule has 1 aliphatic rings. The van der Waals surface area contributed by atoms with Crippen LogP contribution in [0.25, 0.3) is 0 Å². The molecule has 0 aliphatic heterocycles. The first-order chi connectivity index (χ1) is 14.8. The number of urea groups is 1. The molecule has 7 heteroatoms. The summed E-state index contributed by atoms with van der Waals surface area (Å²) < 4.78 is 27.6. The quantitative estimate of drug-likeness (QED) is 0.620. The molecule has 2 aromatic rings. The number of carbonyl (C=O) groups excluding carboxylic acids is 1. The molecule has 1 aliphatic carbocycles. The van der Waals surface area contributed by atoms with Gasteiger partial charge in [-0.2, -0.15) is 0 Å². The van der Waals surface area contributed by atoms with Crippen LogP contribution in [0.15, 0.2) is 65.6 Å². The summed E-state index contributed by atoms with van der Waals surface area (Å²) in [5.41, 5.74) is 0.799. The third kappa shape index (κ3) is 6.80. The summed E-state index contributed by atoms with van der Waals surface area (Å²) >= 11 is 0. The van der Waals surface area contributed by atoms with Crippen LogP contribution >= 0.6 is 0 Å². The minimum Gasteiger partial charge on any atom is -0.322 e. The van der Waals surface area contributed by atoms with Gasteiger partial charge in [-0.25, -0.2) is 17.9 Å². The van der Waals surface area contributed by atoms with E-state index < -0.39 is 10.0 Å². The molecular formula is C24H33N3O3S. The standard InChI is InChI=1S/C24H33N3O3S/c1-19(2)27(24(28)26-22-9-5-3-6-10-22)18-21-15-13-20(14-16-21)17-25-31(29,30)23-11-7-4-8-12-23/h3-12,19-21,25H,13-18H2,1-2H3,(H,26,28). The predicted molar refractivity (Wildman–Crippen MR) is 124 cm³/mol. The number of benzene rings is 2. The second kappa shape index (κ2) is 10.8. The van der Waals surface area contributed by atoms with Crippen molar-refractivity contribution in [3.63, 3.8) is 0 Å². The minimum atomic E-state index is -3.46. The van der Waals surface area contributed by atoms with Crippen molar-refractivity contribution in [1.29, 1.82) is 0 Å². The molecule has 3 rings (SSSR count). The van der Waals surface area contributed by atoms with Crippen molar-refractivity contribution in [3.05, 3.63) is 60.7 Å². The Balaban J connectivity index is 1.47. The Morgan fingerprint density at radius 1 is 0.935 bits per heavy atom. The van der Waals surface area contributed by atoms with E-state index in [1.165, 1.54) is 0 Å². The average Bonchev–Trinajstić information content (AvgIpc) is 2.78. The third-order valence-corrected chi connectivity index (χ3v) is 7.39. The third-order valence-electron chi connectivity index (χ3n) is 5.95. The molecule has 2 aromatic carbocycles. The fourth-order valence-electron chi connectivity index (χ4n) is 4.05. The molecule has 0 heterocycles. The summed E-state index contributed by atoms with van der Waals surface area (Å²) in [5.74, 6) is 0.770. The van der Waals surface area contributed by atoms with Gasteiger partial charge in [0.25, 0.3) is 0 Å². The lowest BCUT2D eigenvalue weighted by molar-refractivity contribution is 0.163. The SMILES string of the molecule is CC(C)N(CC1CCC(CNS(=O)(=O)c2ccccc2)CC1)C(=O)Nc1ccccc1. The first kappa shape index (κ1) is 23.3. The number of nitrogens with zero attached hydrogens (tertiary/aromatic N) is 1. The lowest BCUT2D eigenvalue weighted by Gasteiger charge is -2.34. The number of para-hydroxylation sites is 1. The molecule has 1 saturated carbocycles. The van der Waals surface area contributed by atoms with Crippen LogP contribution in [0.4, 0.5) is 10.5 Å². The van der Waals surface area contributed by atoms with Gasteiger partial charge < -0.3 is 10.2 Å². The molecule has 1 fully saturated rings. The van der Waals surface area contributed by atoms with Gasteiger partial charge in [0.15, 0.2) is 0 Å². The van der Waals surface area contributed by atoms with Crippen LogP contribution in [0, 0.1) is 11.8 Å². The molecule has 2 amide bonds. The van der Waals surface area contributed by atoms with Gasteiger partial charge in [0.1, 0.15) is 0 Å². The van der Waals surface area contributed by atoms with E-state index in [9.17, 15) is 13.2 Å². The summed E-state index contributed by atoms with van der Waals surface area (Å²) in [4.78, 5) is 15.0. The topological polar surface area (TPSA) is 78.5 Å². The van der Waals surface area contributed by atoms with E-state index in [-0.39, 0.29) is 12.1 Å². The van der Waals surface area contributed by atoms with Crippen molar-refractivity contribution in [1.82, 2.24) is 9.62 Å². The Hall–Kier alpha value is -2.38. The van der Waals surface area contributed by atoms with Gasteiger partial charge in [0, 0.05) is 24.8 Å². The normalized spacial score (nSPS) is 19.2. The first-order valence-corrected chi connectivity index (χ1v) is 12.5. The summed E-state index contributed by atoms with van der Waals surface area (Å²) in [6, 6.07) is 18.0. The Kier molecular flexibility index (Phi) is 8.09. The maximum Gasteiger partial charge on any atom is 0.322 e. The van der Waals surface area contributed by atoms with Crippen LogP contribution < -0.4 is 10.0 Å². The van der Waals surface area contributed by atoms with Gasteiger partial charge >= 0.3 is 6.03 Å². The zero-order valence-corrected chi connectivity index (χ0v) is 19.1. The molecule has 2 N–H and O–H groups in total.